The van der Waals surface area contributed by atoms with E-state index in [1.807, 2.05) is 0 Å². The van der Waals surface area contributed by atoms with Crippen molar-refractivity contribution in [2.24, 2.45) is 5.73 Å². The third-order valence-electron chi connectivity index (χ3n) is 2.19. The second kappa shape index (κ2) is 6.90. The van der Waals surface area contributed by atoms with E-state index in [1.54, 1.807) is 0 Å². The standard InChI is InChI=1S/C11H13ClFN3O2/c12-10-8(5-7(13)6-16-10)11(18)15-4-2-1-3-9(14)17/h5-6H,1-4H2,(H2,14,17)(H,15,18). The lowest BCUT2D eigenvalue weighted by Gasteiger charge is -2.05. The number of hydrogen-bond donors (Lipinski definition) is 2. The lowest BCUT2D eigenvalue weighted by atomic mass is 10.2. The SMILES string of the molecule is NC(=O)CCCCNC(=O)c1cc(F)cnc1Cl. The molecule has 0 saturated carbocycles. The maximum Gasteiger partial charge on any atom is 0.254 e. The number of hydrogen-bond acceptors (Lipinski definition) is 3. The number of carbonyl (C=O) groups is 2. The highest BCUT2D eigenvalue weighted by atomic mass is 35.5. The molecular formula is C11H13ClFN3O2. The van der Waals surface area contributed by atoms with Gasteiger partial charge in [-0.05, 0) is 18.9 Å². The van der Waals surface area contributed by atoms with Crippen molar-refractivity contribution >= 4 is 23.4 Å². The molecule has 0 unspecified atom stereocenters. The molecule has 0 radical (unpaired) electrons. The lowest BCUT2D eigenvalue weighted by molar-refractivity contribution is -0.118. The second-order valence-electron chi connectivity index (χ2n) is 3.67. The molecule has 0 saturated heterocycles. The molecule has 1 rings (SSSR count). The van der Waals surface area contributed by atoms with E-state index in [2.05, 4.69) is 10.3 Å². The molecule has 5 nitrogen and oxygen atoms in total. The Morgan fingerprint density at radius 2 is 2.17 bits per heavy atom. The highest BCUT2D eigenvalue weighted by Crippen LogP contribution is 2.13. The smallest absolute Gasteiger partial charge is 0.254 e. The van der Waals surface area contributed by atoms with Crippen molar-refractivity contribution in [3.8, 4) is 0 Å². The molecule has 2 amide bonds. The molecule has 0 aliphatic heterocycles. The van der Waals surface area contributed by atoms with Crippen molar-refractivity contribution < 1.29 is 14.0 Å². The number of unbranched alkanes of at least 4 members (excludes halogenated alkanes) is 1. The fourth-order valence-electron chi connectivity index (χ4n) is 1.30. The summed E-state index contributed by atoms with van der Waals surface area (Å²) in [7, 11) is 0. The van der Waals surface area contributed by atoms with Gasteiger partial charge in [0.2, 0.25) is 5.91 Å². The van der Waals surface area contributed by atoms with Crippen LogP contribution in [0.3, 0.4) is 0 Å². The number of rotatable bonds is 6. The van der Waals surface area contributed by atoms with Crippen LogP contribution in [0.1, 0.15) is 29.6 Å². The van der Waals surface area contributed by atoms with Crippen molar-refractivity contribution in [3.63, 3.8) is 0 Å². The molecule has 1 aromatic rings. The Balaban J connectivity index is 2.41. The molecule has 18 heavy (non-hydrogen) atoms. The largest absolute Gasteiger partial charge is 0.370 e. The predicted molar refractivity (Wildman–Crippen MR) is 64.6 cm³/mol. The third kappa shape index (κ3) is 4.67. The molecule has 1 heterocycles. The number of carbonyl (C=O) groups excluding carboxylic acids is 2. The molecule has 0 fully saturated rings. The summed E-state index contributed by atoms with van der Waals surface area (Å²) in [5, 5.41) is 2.51. The topological polar surface area (TPSA) is 85.1 Å². The van der Waals surface area contributed by atoms with E-state index < -0.39 is 11.7 Å². The average Bonchev–Trinajstić information content (AvgIpc) is 2.31. The van der Waals surface area contributed by atoms with Gasteiger partial charge in [-0.1, -0.05) is 11.6 Å². The summed E-state index contributed by atoms with van der Waals surface area (Å²) in [5.74, 6) is -1.50. The predicted octanol–water partition coefficient (Wildman–Crippen LogP) is 1.26. The van der Waals surface area contributed by atoms with Gasteiger partial charge in [0, 0.05) is 13.0 Å². The van der Waals surface area contributed by atoms with Gasteiger partial charge in [0.1, 0.15) is 11.0 Å². The highest BCUT2D eigenvalue weighted by molar-refractivity contribution is 6.32. The van der Waals surface area contributed by atoms with Crippen LogP contribution in [0.5, 0.6) is 0 Å². The first-order chi connectivity index (χ1) is 8.50. The number of nitrogens with zero attached hydrogens (tertiary/aromatic N) is 1. The summed E-state index contributed by atoms with van der Waals surface area (Å²) in [5.41, 5.74) is 4.96. The zero-order chi connectivity index (χ0) is 13.5. The molecule has 0 bridgehead atoms. The zero-order valence-corrected chi connectivity index (χ0v) is 10.3. The Morgan fingerprint density at radius 3 is 2.83 bits per heavy atom. The molecule has 0 atom stereocenters. The van der Waals surface area contributed by atoms with E-state index >= 15 is 0 Å². The first-order valence-corrected chi connectivity index (χ1v) is 5.76. The molecule has 0 aromatic carbocycles. The summed E-state index contributed by atoms with van der Waals surface area (Å²) in [6.45, 7) is 0.360. The molecule has 3 N–H and O–H groups in total. The lowest BCUT2D eigenvalue weighted by Crippen LogP contribution is -2.25. The number of nitrogens with one attached hydrogen (secondary N) is 1. The van der Waals surface area contributed by atoms with Crippen molar-refractivity contribution in [1.29, 1.82) is 0 Å². The van der Waals surface area contributed by atoms with E-state index in [0.29, 0.717) is 19.4 Å². The Labute approximate surface area is 109 Å². The van der Waals surface area contributed by atoms with Crippen LogP contribution in [0.15, 0.2) is 12.3 Å². The summed E-state index contributed by atoms with van der Waals surface area (Å²) in [4.78, 5) is 25.6. The van der Waals surface area contributed by atoms with Crippen LogP contribution in [0.4, 0.5) is 4.39 Å². The average molecular weight is 274 g/mol. The minimum absolute atomic E-state index is 0.00781. The van der Waals surface area contributed by atoms with E-state index in [4.69, 9.17) is 17.3 Å². The first-order valence-electron chi connectivity index (χ1n) is 5.38. The van der Waals surface area contributed by atoms with Crippen LogP contribution in [-0.2, 0) is 4.79 Å². The van der Waals surface area contributed by atoms with Crippen LogP contribution >= 0.6 is 11.6 Å². The summed E-state index contributed by atoms with van der Waals surface area (Å²) < 4.78 is 12.9. The number of pyridine rings is 1. The van der Waals surface area contributed by atoms with Crippen LogP contribution in [-0.4, -0.2) is 23.3 Å². The van der Waals surface area contributed by atoms with E-state index in [0.717, 1.165) is 12.3 Å². The number of primary amides is 1. The third-order valence-corrected chi connectivity index (χ3v) is 2.49. The van der Waals surface area contributed by atoms with Crippen LogP contribution in [0.25, 0.3) is 0 Å². The number of aromatic nitrogens is 1. The van der Waals surface area contributed by atoms with Crippen molar-refractivity contribution in [1.82, 2.24) is 10.3 Å². The summed E-state index contributed by atoms with van der Waals surface area (Å²) in [6, 6.07) is 1.02. The fraction of sp³-hybridized carbons (Fsp3) is 0.364. The molecule has 1 aromatic heterocycles. The Morgan fingerprint density at radius 1 is 1.44 bits per heavy atom. The minimum Gasteiger partial charge on any atom is -0.370 e. The van der Waals surface area contributed by atoms with Gasteiger partial charge < -0.3 is 11.1 Å². The van der Waals surface area contributed by atoms with Gasteiger partial charge in [-0.15, -0.1) is 0 Å². The number of nitrogens with two attached hydrogens (primary N) is 1. The molecule has 0 aliphatic rings. The Bertz CT molecular complexity index is 454. The number of amides is 2. The quantitative estimate of drug-likeness (QED) is 0.604. The zero-order valence-electron chi connectivity index (χ0n) is 9.58. The van der Waals surface area contributed by atoms with Gasteiger partial charge in [0.05, 0.1) is 11.8 Å². The summed E-state index contributed by atoms with van der Waals surface area (Å²) >= 11 is 5.67. The van der Waals surface area contributed by atoms with Crippen molar-refractivity contribution in [2.75, 3.05) is 6.54 Å². The number of halogens is 2. The van der Waals surface area contributed by atoms with E-state index in [-0.39, 0.29) is 23.0 Å². The van der Waals surface area contributed by atoms with E-state index in [1.165, 1.54) is 0 Å². The molecule has 0 aliphatic carbocycles. The highest BCUT2D eigenvalue weighted by Gasteiger charge is 2.11. The van der Waals surface area contributed by atoms with Crippen LogP contribution < -0.4 is 11.1 Å². The second-order valence-corrected chi connectivity index (χ2v) is 4.03. The maximum atomic E-state index is 12.9. The molecule has 7 heteroatoms. The summed E-state index contributed by atoms with van der Waals surface area (Å²) in [6.07, 6.45) is 2.41. The van der Waals surface area contributed by atoms with Gasteiger partial charge in [0.15, 0.2) is 0 Å². The van der Waals surface area contributed by atoms with Crippen molar-refractivity contribution in [3.05, 3.63) is 28.8 Å². The van der Waals surface area contributed by atoms with Gasteiger partial charge in [-0.25, -0.2) is 9.37 Å². The normalized spacial score (nSPS) is 10.1. The Kier molecular flexibility index (Phi) is 5.51. The van der Waals surface area contributed by atoms with Crippen LogP contribution in [0.2, 0.25) is 5.15 Å². The maximum absolute atomic E-state index is 12.9. The minimum atomic E-state index is -0.627. The molecule has 98 valence electrons. The molecule has 0 spiro atoms. The molecular weight excluding hydrogens is 261 g/mol. The van der Waals surface area contributed by atoms with Gasteiger partial charge in [0.25, 0.3) is 5.91 Å². The monoisotopic (exact) mass is 273 g/mol. The van der Waals surface area contributed by atoms with Gasteiger partial charge >= 0.3 is 0 Å². The van der Waals surface area contributed by atoms with Gasteiger partial charge in [-0.3, -0.25) is 9.59 Å². The van der Waals surface area contributed by atoms with Crippen LogP contribution in [0, 0.1) is 5.82 Å². The fourth-order valence-corrected chi connectivity index (χ4v) is 1.49. The first kappa shape index (κ1) is 14.4. The van der Waals surface area contributed by atoms with Crippen molar-refractivity contribution in [2.45, 2.75) is 19.3 Å². The van der Waals surface area contributed by atoms with E-state index in [9.17, 15) is 14.0 Å². The Hall–Kier alpha value is -1.69. The van der Waals surface area contributed by atoms with Gasteiger partial charge in [-0.2, -0.15) is 0 Å².